The number of aromatic nitrogens is 2. The van der Waals surface area contributed by atoms with Gasteiger partial charge in [0.05, 0.1) is 24.4 Å². The standard InChI is InChI=1S/C16H20N4OS/c1-11-6-7-13(19(11)2)15-14(12-5-3-4-8-17-12)18-16(22)20(15)9-10-21/h3-8,14-15,21H,9-10H2,1-2H3,(H,18,22)/t14-,15+/m0/s1. The number of thiocarbonyl (C=S) groups is 1. The molecule has 2 aromatic rings. The smallest absolute Gasteiger partial charge is 0.170 e. The molecule has 5 nitrogen and oxygen atoms in total. The first kappa shape index (κ1) is 15.0. The number of nitrogens with zero attached hydrogens (tertiary/aromatic N) is 3. The van der Waals surface area contributed by atoms with Gasteiger partial charge < -0.3 is 19.9 Å². The molecule has 2 N–H and O–H groups in total. The van der Waals surface area contributed by atoms with Crippen LogP contribution in [-0.2, 0) is 7.05 Å². The van der Waals surface area contributed by atoms with Crippen LogP contribution in [0.1, 0.15) is 29.2 Å². The summed E-state index contributed by atoms with van der Waals surface area (Å²) >= 11 is 5.48. The van der Waals surface area contributed by atoms with E-state index in [1.54, 1.807) is 6.20 Å². The Morgan fingerprint density at radius 1 is 1.32 bits per heavy atom. The zero-order valence-electron chi connectivity index (χ0n) is 12.7. The van der Waals surface area contributed by atoms with Crippen LogP contribution in [0.3, 0.4) is 0 Å². The second-order valence-electron chi connectivity index (χ2n) is 5.50. The Bertz CT molecular complexity index is 670. The molecule has 116 valence electrons. The quantitative estimate of drug-likeness (QED) is 0.841. The maximum atomic E-state index is 9.39. The molecular weight excluding hydrogens is 296 g/mol. The van der Waals surface area contributed by atoms with Crippen molar-refractivity contribution in [3.05, 3.63) is 53.6 Å². The molecule has 0 aromatic carbocycles. The third kappa shape index (κ3) is 2.48. The molecule has 6 heteroatoms. The van der Waals surface area contributed by atoms with Crippen molar-refractivity contribution in [1.82, 2.24) is 19.8 Å². The van der Waals surface area contributed by atoms with E-state index < -0.39 is 0 Å². The molecule has 1 saturated heterocycles. The summed E-state index contributed by atoms with van der Waals surface area (Å²) in [4.78, 5) is 6.53. The van der Waals surface area contributed by atoms with E-state index in [1.165, 1.54) is 5.69 Å². The predicted molar refractivity (Wildman–Crippen MR) is 89.4 cm³/mol. The largest absolute Gasteiger partial charge is 0.395 e. The summed E-state index contributed by atoms with van der Waals surface area (Å²) in [7, 11) is 2.05. The maximum Gasteiger partial charge on any atom is 0.170 e. The Labute approximate surface area is 135 Å². The van der Waals surface area contributed by atoms with E-state index in [4.69, 9.17) is 12.2 Å². The molecule has 22 heavy (non-hydrogen) atoms. The second kappa shape index (κ2) is 6.06. The highest BCUT2D eigenvalue weighted by Crippen LogP contribution is 2.38. The summed E-state index contributed by atoms with van der Waals surface area (Å²) in [6.07, 6.45) is 1.79. The van der Waals surface area contributed by atoms with Crippen molar-refractivity contribution >= 4 is 17.3 Å². The van der Waals surface area contributed by atoms with E-state index in [2.05, 4.69) is 41.0 Å². The molecule has 1 fully saturated rings. The zero-order valence-corrected chi connectivity index (χ0v) is 13.5. The van der Waals surface area contributed by atoms with Crippen LogP contribution in [0, 0.1) is 6.92 Å². The summed E-state index contributed by atoms with van der Waals surface area (Å²) in [5.41, 5.74) is 3.31. The van der Waals surface area contributed by atoms with Gasteiger partial charge in [-0.15, -0.1) is 0 Å². The minimum Gasteiger partial charge on any atom is -0.395 e. The van der Waals surface area contributed by atoms with Crippen LogP contribution >= 0.6 is 12.2 Å². The fourth-order valence-corrected chi connectivity index (χ4v) is 3.34. The predicted octanol–water partition coefficient (Wildman–Crippen LogP) is 1.69. The van der Waals surface area contributed by atoms with Crippen molar-refractivity contribution in [2.45, 2.75) is 19.0 Å². The molecular formula is C16H20N4OS. The molecule has 2 aromatic heterocycles. The van der Waals surface area contributed by atoms with Gasteiger partial charge in [0.1, 0.15) is 0 Å². The molecule has 3 heterocycles. The van der Waals surface area contributed by atoms with E-state index in [9.17, 15) is 5.11 Å². The van der Waals surface area contributed by atoms with Crippen LogP contribution in [0.25, 0.3) is 0 Å². The van der Waals surface area contributed by atoms with Crippen molar-refractivity contribution < 1.29 is 5.11 Å². The van der Waals surface area contributed by atoms with Crippen LogP contribution in [0.4, 0.5) is 0 Å². The minimum absolute atomic E-state index is 0.0201. The number of hydrogen-bond donors (Lipinski definition) is 2. The SMILES string of the molecule is Cc1ccc([C@@H]2[C@H](c3ccccn3)NC(=S)N2CCO)n1C. The molecule has 0 saturated carbocycles. The highest BCUT2D eigenvalue weighted by molar-refractivity contribution is 7.80. The molecule has 1 aliphatic rings. The third-order valence-corrected chi connectivity index (χ3v) is 4.61. The minimum atomic E-state index is -0.0201. The molecule has 0 spiro atoms. The van der Waals surface area contributed by atoms with Gasteiger partial charge in [0, 0.05) is 31.2 Å². The first-order valence-corrected chi connectivity index (χ1v) is 7.75. The van der Waals surface area contributed by atoms with Gasteiger partial charge in [-0.3, -0.25) is 4.98 Å². The number of β-amino-alcohol motifs (C(OH)–C–C–N with tert-alkyl or cyclic N) is 1. The number of aliphatic hydroxyl groups is 1. The fraction of sp³-hybridized carbons (Fsp3) is 0.375. The normalized spacial score (nSPS) is 21.2. The van der Waals surface area contributed by atoms with Crippen molar-refractivity contribution in [3.63, 3.8) is 0 Å². The monoisotopic (exact) mass is 316 g/mol. The number of aryl methyl sites for hydroxylation is 1. The molecule has 0 bridgehead atoms. The Balaban J connectivity index is 2.05. The fourth-order valence-electron chi connectivity index (χ4n) is 3.01. The van der Waals surface area contributed by atoms with E-state index in [-0.39, 0.29) is 18.7 Å². The van der Waals surface area contributed by atoms with E-state index in [0.717, 1.165) is 11.4 Å². The van der Waals surface area contributed by atoms with Gasteiger partial charge in [-0.1, -0.05) is 6.07 Å². The first-order valence-electron chi connectivity index (χ1n) is 7.34. The van der Waals surface area contributed by atoms with Gasteiger partial charge in [-0.25, -0.2) is 0 Å². The van der Waals surface area contributed by atoms with E-state index in [1.807, 2.05) is 23.1 Å². The first-order chi connectivity index (χ1) is 10.6. The third-order valence-electron chi connectivity index (χ3n) is 4.25. The van der Waals surface area contributed by atoms with Gasteiger partial charge in [-0.2, -0.15) is 0 Å². The molecule has 0 amide bonds. The maximum absolute atomic E-state index is 9.39. The molecule has 0 aliphatic carbocycles. The van der Waals surface area contributed by atoms with Gasteiger partial charge >= 0.3 is 0 Å². The number of rotatable bonds is 4. The number of nitrogens with one attached hydrogen (secondary N) is 1. The lowest BCUT2D eigenvalue weighted by Gasteiger charge is -2.27. The van der Waals surface area contributed by atoms with E-state index in [0.29, 0.717) is 11.7 Å². The topological polar surface area (TPSA) is 53.3 Å². The number of hydrogen-bond acceptors (Lipinski definition) is 3. The Kier molecular flexibility index (Phi) is 4.13. The molecule has 0 unspecified atom stereocenters. The van der Waals surface area contributed by atoms with Crippen LogP contribution in [0.2, 0.25) is 0 Å². The highest BCUT2D eigenvalue weighted by Gasteiger charge is 2.40. The molecule has 3 rings (SSSR count). The van der Waals surface area contributed by atoms with Crippen LogP contribution in [-0.4, -0.2) is 37.8 Å². The summed E-state index contributed by atoms with van der Waals surface area (Å²) in [6, 6.07) is 10.1. The van der Waals surface area contributed by atoms with Crippen LogP contribution in [0.15, 0.2) is 36.5 Å². The Morgan fingerprint density at radius 2 is 2.14 bits per heavy atom. The zero-order chi connectivity index (χ0) is 15.7. The van der Waals surface area contributed by atoms with Crippen molar-refractivity contribution in [3.8, 4) is 0 Å². The molecule has 1 aliphatic heterocycles. The lowest BCUT2D eigenvalue weighted by Crippen LogP contribution is -2.32. The number of pyridine rings is 1. The summed E-state index contributed by atoms with van der Waals surface area (Å²) in [5.74, 6) is 0. The van der Waals surface area contributed by atoms with Crippen LogP contribution in [0.5, 0.6) is 0 Å². The van der Waals surface area contributed by atoms with Gasteiger partial charge in [-0.05, 0) is 43.4 Å². The Hall–Kier alpha value is -1.92. The average molecular weight is 316 g/mol. The lowest BCUT2D eigenvalue weighted by atomic mass is 10.0. The second-order valence-corrected chi connectivity index (χ2v) is 5.89. The average Bonchev–Trinajstić information content (AvgIpc) is 3.02. The van der Waals surface area contributed by atoms with Crippen molar-refractivity contribution in [2.75, 3.05) is 13.2 Å². The summed E-state index contributed by atoms with van der Waals surface area (Å²) < 4.78 is 2.17. The Morgan fingerprint density at radius 3 is 2.73 bits per heavy atom. The number of aliphatic hydroxyl groups excluding tert-OH is 1. The molecule has 0 radical (unpaired) electrons. The van der Waals surface area contributed by atoms with Gasteiger partial charge in [0.2, 0.25) is 0 Å². The van der Waals surface area contributed by atoms with Crippen molar-refractivity contribution in [2.24, 2.45) is 7.05 Å². The molecule has 2 atom stereocenters. The lowest BCUT2D eigenvalue weighted by molar-refractivity contribution is 0.219. The van der Waals surface area contributed by atoms with Crippen molar-refractivity contribution in [1.29, 1.82) is 0 Å². The van der Waals surface area contributed by atoms with Gasteiger partial charge in [0.25, 0.3) is 0 Å². The van der Waals surface area contributed by atoms with Crippen LogP contribution < -0.4 is 5.32 Å². The summed E-state index contributed by atoms with van der Waals surface area (Å²) in [6.45, 7) is 2.65. The highest BCUT2D eigenvalue weighted by atomic mass is 32.1. The van der Waals surface area contributed by atoms with E-state index >= 15 is 0 Å². The summed E-state index contributed by atoms with van der Waals surface area (Å²) in [5, 5.41) is 13.4. The van der Waals surface area contributed by atoms with Gasteiger partial charge in [0.15, 0.2) is 5.11 Å².